The molecule has 2 aromatic rings. The molecule has 0 radical (unpaired) electrons. The Morgan fingerprint density at radius 1 is 1.20 bits per heavy atom. The summed E-state index contributed by atoms with van der Waals surface area (Å²) < 4.78 is 16.2. The van der Waals surface area contributed by atoms with Gasteiger partial charge in [0.25, 0.3) is 0 Å². The third-order valence-electron chi connectivity index (χ3n) is 4.45. The lowest BCUT2D eigenvalue weighted by Gasteiger charge is -2.29. The highest BCUT2D eigenvalue weighted by Crippen LogP contribution is 2.43. The molecule has 0 amide bonds. The van der Waals surface area contributed by atoms with Crippen LogP contribution in [0, 0.1) is 0 Å². The Bertz CT molecular complexity index is 1060. The van der Waals surface area contributed by atoms with Crippen molar-refractivity contribution >= 4 is 23.9 Å². The van der Waals surface area contributed by atoms with Crippen LogP contribution in [0.2, 0.25) is 0 Å². The van der Waals surface area contributed by atoms with Crippen molar-refractivity contribution in [2.24, 2.45) is 0 Å². The van der Waals surface area contributed by atoms with Gasteiger partial charge >= 0.3 is 5.97 Å². The van der Waals surface area contributed by atoms with Gasteiger partial charge in [-0.05, 0) is 49.8 Å². The van der Waals surface area contributed by atoms with Crippen LogP contribution in [0.25, 0.3) is 12.2 Å². The molecule has 154 valence electrons. The number of allylic oxidation sites excluding steroid dienone is 1. The Labute approximate surface area is 174 Å². The average Bonchev–Trinajstić information content (AvgIpc) is 2.71. The maximum Gasteiger partial charge on any atom is 0.335 e. The second-order valence-corrected chi connectivity index (χ2v) is 7.14. The molecule has 1 heterocycles. The maximum atomic E-state index is 12.8. The first kappa shape index (κ1) is 20.9. The minimum absolute atomic E-state index is 0.0528. The molecule has 1 aliphatic rings. The first-order chi connectivity index (χ1) is 14.2. The van der Waals surface area contributed by atoms with Gasteiger partial charge < -0.3 is 19.3 Å². The summed E-state index contributed by atoms with van der Waals surface area (Å²) in [4.78, 5) is 24.0. The molecule has 1 N–H and O–H groups in total. The zero-order chi connectivity index (χ0) is 21.9. The molecular weight excluding hydrogens is 384 g/mol. The molecule has 0 saturated heterocycles. The molecule has 3 rings (SSSR count). The zero-order valence-electron chi connectivity index (χ0n) is 17.0. The normalized spacial score (nSPS) is 14.0. The van der Waals surface area contributed by atoms with E-state index in [4.69, 9.17) is 14.2 Å². The number of ether oxygens (including phenoxy) is 3. The van der Waals surface area contributed by atoms with Crippen molar-refractivity contribution in [1.82, 2.24) is 0 Å². The van der Waals surface area contributed by atoms with Gasteiger partial charge in [-0.2, -0.15) is 0 Å². The number of phenolic OH excluding ortho intramolecular Hbond substituents is 1. The number of hydrogen-bond acceptors (Lipinski definition) is 6. The summed E-state index contributed by atoms with van der Waals surface area (Å²) in [5.74, 6) is -0.136. The molecule has 0 saturated carbocycles. The van der Waals surface area contributed by atoms with Crippen LogP contribution in [0.3, 0.4) is 0 Å². The molecule has 0 aromatic heterocycles. The summed E-state index contributed by atoms with van der Waals surface area (Å²) >= 11 is 0. The predicted octanol–water partition coefficient (Wildman–Crippen LogP) is 4.57. The third kappa shape index (κ3) is 4.43. The molecule has 1 aliphatic heterocycles. The summed E-state index contributed by atoms with van der Waals surface area (Å²) in [5.41, 5.74) is 0.669. The SMILES string of the molecule is C=CC(=O)Oc1ccc(C=CC(=O)c2c(OC)cc3c(c2O)C=CC(C)(C)O3)cc1. The topological polar surface area (TPSA) is 82.1 Å². The first-order valence-corrected chi connectivity index (χ1v) is 9.23. The Morgan fingerprint density at radius 3 is 2.53 bits per heavy atom. The van der Waals surface area contributed by atoms with Gasteiger partial charge in [-0.25, -0.2) is 4.79 Å². The van der Waals surface area contributed by atoms with E-state index in [0.29, 0.717) is 22.6 Å². The lowest BCUT2D eigenvalue weighted by Crippen LogP contribution is -2.27. The highest BCUT2D eigenvalue weighted by Gasteiger charge is 2.28. The molecule has 0 spiro atoms. The largest absolute Gasteiger partial charge is 0.506 e. The summed E-state index contributed by atoms with van der Waals surface area (Å²) in [7, 11) is 1.43. The van der Waals surface area contributed by atoms with Gasteiger partial charge in [-0.1, -0.05) is 24.8 Å². The summed E-state index contributed by atoms with van der Waals surface area (Å²) in [6, 6.07) is 8.19. The highest BCUT2D eigenvalue weighted by molar-refractivity contribution is 6.11. The maximum absolute atomic E-state index is 12.8. The van der Waals surface area contributed by atoms with E-state index in [1.165, 1.54) is 13.2 Å². The fraction of sp³-hybridized carbons (Fsp3) is 0.167. The van der Waals surface area contributed by atoms with E-state index >= 15 is 0 Å². The number of benzene rings is 2. The van der Waals surface area contributed by atoms with Gasteiger partial charge in [0, 0.05) is 12.1 Å². The van der Waals surface area contributed by atoms with Gasteiger partial charge in [-0.3, -0.25) is 4.79 Å². The minimum Gasteiger partial charge on any atom is -0.506 e. The van der Waals surface area contributed by atoms with Crippen molar-refractivity contribution < 1.29 is 28.9 Å². The van der Waals surface area contributed by atoms with Crippen LogP contribution in [-0.4, -0.2) is 29.6 Å². The molecule has 0 bridgehead atoms. The Hall–Kier alpha value is -3.80. The number of carbonyl (C=O) groups excluding carboxylic acids is 2. The number of methoxy groups -OCH3 is 1. The van der Waals surface area contributed by atoms with Crippen LogP contribution in [0.4, 0.5) is 0 Å². The number of ketones is 1. The van der Waals surface area contributed by atoms with Crippen molar-refractivity contribution in [3.63, 3.8) is 0 Å². The second-order valence-electron chi connectivity index (χ2n) is 7.14. The Kier molecular flexibility index (Phi) is 5.78. The lowest BCUT2D eigenvalue weighted by atomic mass is 9.97. The number of rotatable bonds is 6. The predicted molar refractivity (Wildman–Crippen MR) is 114 cm³/mol. The smallest absolute Gasteiger partial charge is 0.335 e. The quantitative estimate of drug-likeness (QED) is 0.327. The highest BCUT2D eigenvalue weighted by atomic mass is 16.5. The fourth-order valence-corrected chi connectivity index (χ4v) is 2.94. The molecule has 30 heavy (non-hydrogen) atoms. The van der Waals surface area contributed by atoms with E-state index in [9.17, 15) is 14.7 Å². The Balaban J connectivity index is 1.86. The molecule has 0 aliphatic carbocycles. The van der Waals surface area contributed by atoms with E-state index in [1.807, 2.05) is 19.9 Å². The van der Waals surface area contributed by atoms with Crippen LogP contribution in [0.5, 0.6) is 23.0 Å². The van der Waals surface area contributed by atoms with Gasteiger partial charge in [0.15, 0.2) is 5.78 Å². The van der Waals surface area contributed by atoms with Gasteiger partial charge in [0.05, 0.1) is 12.7 Å². The van der Waals surface area contributed by atoms with Crippen LogP contribution >= 0.6 is 0 Å². The van der Waals surface area contributed by atoms with Crippen LogP contribution in [-0.2, 0) is 4.79 Å². The van der Waals surface area contributed by atoms with Crippen LogP contribution < -0.4 is 14.2 Å². The van der Waals surface area contributed by atoms with E-state index < -0.39 is 17.4 Å². The number of fused-ring (bicyclic) bond motifs is 1. The van der Waals surface area contributed by atoms with Crippen molar-refractivity contribution in [3.8, 4) is 23.0 Å². The number of aromatic hydroxyl groups is 1. The number of phenols is 1. The molecule has 2 aromatic carbocycles. The molecule has 0 fully saturated rings. The molecule has 0 atom stereocenters. The van der Waals surface area contributed by atoms with Gasteiger partial charge in [0.2, 0.25) is 0 Å². The Morgan fingerprint density at radius 2 is 1.90 bits per heavy atom. The molecular formula is C24H22O6. The van der Waals surface area contributed by atoms with Gasteiger partial charge in [-0.15, -0.1) is 0 Å². The summed E-state index contributed by atoms with van der Waals surface area (Å²) in [5, 5.41) is 10.7. The first-order valence-electron chi connectivity index (χ1n) is 9.23. The van der Waals surface area contributed by atoms with E-state index in [-0.39, 0.29) is 17.1 Å². The van der Waals surface area contributed by atoms with E-state index in [2.05, 4.69) is 6.58 Å². The van der Waals surface area contributed by atoms with Crippen molar-refractivity contribution in [1.29, 1.82) is 0 Å². The monoisotopic (exact) mass is 406 g/mol. The lowest BCUT2D eigenvalue weighted by molar-refractivity contribution is -0.128. The third-order valence-corrected chi connectivity index (χ3v) is 4.45. The standard InChI is InChI=1S/C24H22O6/c1-5-21(26)29-16-9-6-15(7-10-16)8-11-18(25)22-20(28-4)14-19-17(23(22)27)12-13-24(2,3)30-19/h5-14,27H,1H2,2-4H3. The van der Waals surface area contributed by atoms with E-state index in [1.54, 1.807) is 42.5 Å². The molecule has 6 nitrogen and oxygen atoms in total. The molecule has 6 heteroatoms. The zero-order valence-corrected chi connectivity index (χ0v) is 17.0. The summed E-state index contributed by atoms with van der Waals surface area (Å²) in [6.07, 6.45) is 7.55. The number of esters is 1. The van der Waals surface area contributed by atoms with Crippen molar-refractivity contribution in [2.45, 2.75) is 19.4 Å². The van der Waals surface area contributed by atoms with Crippen molar-refractivity contribution in [2.75, 3.05) is 7.11 Å². The second kappa shape index (κ2) is 8.29. The van der Waals surface area contributed by atoms with Gasteiger partial charge in [0.1, 0.15) is 34.2 Å². The average molecular weight is 406 g/mol. The van der Waals surface area contributed by atoms with Crippen LogP contribution in [0.15, 0.2) is 55.1 Å². The number of hydrogen-bond donors (Lipinski definition) is 1. The molecule has 0 unspecified atom stereocenters. The minimum atomic E-state index is -0.551. The fourth-order valence-electron chi connectivity index (χ4n) is 2.94. The van der Waals surface area contributed by atoms with Crippen LogP contribution in [0.1, 0.15) is 35.3 Å². The number of carbonyl (C=O) groups is 2. The summed E-state index contributed by atoms with van der Waals surface area (Å²) in [6.45, 7) is 7.12. The van der Waals surface area contributed by atoms with E-state index in [0.717, 1.165) is 6.08 Å². The van der Waals surface area contributed by atoms with Crippen molar-refractivity contribution in [3.05, 3.63) is 71.8 Å².